The van der Waals surface area contributed by atoms with E-state index in [-0.39, 0.29) is 0 Å². The second kappa shape index (κ2) is 11.9. The van der Waals surface area contributed by atoms with Crippen LogP contribution in [0.15, 0.2) is 0 Å². The maximum atomic E-state index is 12.3. The zero-order valence-electron chi connectivity index (χ0n) is 15.7. The standard InChI is InChI=1S/C15H22N4O11/c1-5(16)12(26)17-6(2-9(20)21)13(27)18-7(3-10(22)23)14(28)19-8(15(29)30)4-11(24)25/h5-8H,2-4,16H2,1H3,(H,17,26)(H,18,27)(H,19,28)(H,20,21)(H,22,23)(H,24,25)(H,29,30). The predicted molar refractivity (Wildman–Crippen MR) is 93.8 cm³/mol. The molecule has 15 heteroatoms. The van der Waals surface area contributed by atoms with Crippen molar-refractivity contribution in [2.24, 2.45) is 5.73 Å². The summed E-state index contributed by atoms with van der Waals surface area (Å²) >= 11 is 0. The number of hydrogen-bond acceptors (Lipinski definition) is 8. The second-order valence-electron chi connectivity index (χ2n) is 6.10. The molecular formula is C15H22N4O11. The lowest BCUT2D eigenvalue weighted by atomic mass is 10.1. The number of carboxylic acids is 4. The first kappa shape index (κ1) is 26.2. The van der Waals surface area contributed by atoms with E-state index in [0.29, 0.717) is 0 Å². The molecule has 9 N–H and O–H groups in total. The van der Waals surface area contributed by atoms with E-state index in [1.54, 1.807) is 5.32 Å². The van der Waals surface area contributed by atoms with Crippen LogP contribution >= 0.6 is 0 Å². The minimum absolute atomic E-state index is 0.900. The largest absolute Gasteiger partial charge is 0.481 e. The highest BCUT2D eigenvalue weighted by Crippen LogP contribution is 2.01. The molecule has 0 radical (unpaired) electrons. The van der Waals surface area contributed by atoms with Gasteiger partial charge in [0.2, 0.25) is 17.7 Å². The average Bonchev–Trinajstić information content (AvgIpc) is 2.58. The number of hydrogen-bond donors (Lipinski definition) is 8. The zero-order valence-corrected chi connectivity index (χ0v) is 15.7. The molecule has 15 nitrogen and oxygen atoms in total. The zero-order chi connectivity index (χ0) is 23.6. The number of carbonyl (C=O) groups excluding carboxylic acids is 3. The van der Waals surface area contributed by atoms with Gasteiger partial charge in [-0.2, -0.15) is 0 Å². The maximum Gasteiger partial charge on any atom is 0.326 e. The Bertz CT molecular complexity index is 721. The molecule has 0 saturated heterocycles. The van der Waals surface area contributed by atoms with E-state index in [2.05, 4.69) is 0 Å². The van der Waals surface area contributed by atoms with E-state index in [0.717, 1.165) is 0 Å². The van der Waals surface area contributed by atoms with Gasteiger partial charge in [0.15, 0.2) is 0 Å². The van der Waals surface area contributed by atoms with Crippen molar-refractivity contribution in [2.45, 2.75) is 50.4 Å². The van der Waals surface area contributed by atoms with Gasteiger partial charge in [-0.05, 0) is 6.92 Å². The third kappa shape index (κ3) is 9.98. The molecule has 0 aromatic heterocycles. The Morgan fingerprint density at radius 3 is 1.23 bits per heavy atom. The number of carbonyl (C=O) groups is 7. The van der Waals surface area contributed by atoms with Crippen LogP contribution in [0.1, 0.15) is 26.2 Å². The van der Waals surface area contributed by atoms with E-state index < -0.39 is 85.0 Å². The lowest BCUT2D eigenvalue weighted by Crippen LogP contribution is -2.57. The fraction of sp³-hybridized carbons (Fsp3) is 0.533. The van der Waals surface area contributed by atoms with Gasteiger partial charge in [0.05, 0.1) is 25.3 Å². The van der Waals surface area contributed by atoms with Gasteiger partial charge in [0.1, 0.15) is 18.1 Å². The van der Waals surface area contributed by atoms with E-state index in [9.17, 15) is 33.6 Å². The SMILES string of the molecule is CC(N)C(=O)NC(CC(=O)O)C(=O)NC(CC(=O)O)C(=O)NC(CC(=O)O)C(=O)O. The van der Waals surface area contributed by atoms with Crippen LogP contribution in [0.2, 0.25) is 0 Å². The molecule has 0 bridgehead atoms. The van der Waals surface area contributed by atoms with Gasteiger partial charge in [-0.25, -0.2) is 4.79 Å². The molecule has 0 spiro atoms. The first-order valence-corrected chi connectivity index (χ1v) is 8.29. The first-order chi connectivity index (χ1) is 13.7. The Kier molecular flexibility index (Phi) is 10.5. The highest BCUT2D eigenvalue weighted by Gasteiger charge is 2.32. The van der Waals surface area contributed by atoms with Crippen LogP contribution in [0.25, 0.3) is 0 Å². The number of rotatable bonds is 13. The molecule has 0 aliphatic heterocycles. The van der Waals surface area contributed by atoms with Crippen LogP contribution in [0.4, 0.5) is 0 Å². The monoisotopic (exact) mass is 434 g/mol. The second-order valence-corrected chi connectivity index (χ2v) is 6.10. The quantitative estimate of drug-likeness (QED) is 0.139. The van der Waals surface area contributed by atoms with Crippen molar-refractivity contribution in [1.29, 1.82) is 0 Å². The lowest BCUT2D eigenvalue weighted by Gasteiger charge is -2.23. The minimum Gasteiger partial charge on any atom is -0.481 e. The van der Waals surface area contributed by atoms with Crippen LogP contribution in [0.3, 0.4) is 0 Å². The van der Waals surface area contributed by atoms with Gasteiger partial charge < -0.3 is 42.1 Å². The molecule has 30 heavy (non-hydrogen) atoms. The molecule has 0 heterocycles. The summed E-state index contributed by atoms with van der Waals surface area (Å²) in [5, 5.41) is 41.1. The first-order valence-electron chi connectivity index (χ1n) is 8.29. The Balaban J connectivity index is 5.50. The van der Waals surface area contributed by atoms with Crippen LogP contribution in [-0.4, -0.2) is 86.2 Å². The molecule has 0 rings (SSSR count). The van der Waals surface area contributed by atoms with Gasteiger partial charge in [-0.15, -0.1) is 0 Å². The molecule has 4 atom stereocenters. The van der Waals surface area contributed by atoms with E-state index in [1.165, 1.54) is 6.92 Å². The maximum absolute atomic E-state index is 12.3. The molecule has 0 aliphatic carbocycles. The third-order valence-electron chi connectivity index (χ3n) is 3.43. The number of nitrogens with one attached hydrogen (secondary N) is 3. The summed E-state index contributed by atoms with van der Waals surface area (Å²) in [6, 6.07) is -6.65. The Labute approximate surface area is 168 Å². The fourth-order valence-corrected chi connectivity index (χ4v) is 1.99. The van der Waals surface area contributed by atoms with Gasteiger partial charge >= 0.3 is 23.9 Å². The lowest BCUT2D eigenvalue weighted by molar-refractivity contribution is -0.148. The van der Waals surface area contributed by atoms with Crippen molar-refractivity contribution in [3.63, 3.8) is 0 Å². The normalized spacial score (nSPS) is 14.3. The summed E-state index contributed by atoms with van der Waals surface area (Å²) in [5.41, 5.74) is 5.32. The van der Waals surface area contributed by atoms with E-state index >= 15 is 0 Å². The van der Waals surface area contributed by atoms with Crippen molar-refractivity contribution < 1.29 is 54.0 Å². The van der Waals surface area contributed by atoms with E-state index in [4.69, 9.17) is 26.2 Å². The summed E-state index contributed by atoms with van der Waals surface area (Å²) in [7, 11) is 0. The summed E-state index contributed by atoms with van der Waals surface area (Å²) < 4.78 is 0. The van der Waals surface area contributed by atoms with Gasteiger partial charge in [0, 0.05) is 0 Å². The number of amides is 3. The summed E-state index contributed by atoms with van der Waals surface area (Å²) in [6.45, 7) is 1.25. The van der Waals surface area contributed by atoms with Crippen LogP contribution < -0.4 is 21.7 Å². The molecule has 0 aromatic rings. The molecule has 3 amide bonds. The Morgan fingerprint density at radius 2 is 0.933 bits per heavy atom. The van der Waals surface area contributed by atoms with Crippen molar-refractivity contribution in [3.8, 4) is 0 Å². The molecule has 168 valence electrons. The number of aliphatic carboxylic acids is 4. The predicted octanol–water partition coefficient (Wildman–Crippen LogP) is -3.70. The molecule has 0 fully saturated rings. The van der Waals surface area contributed by atoms with Gasteiger partial charge in [-0.3, -0.25) is 28.8 Å². The van der Waals surface area contributed by atoms with E-state index in [1.807, 2.05) is 10.6 Å². The summed E-state index contributed by atoms with van der Waals surface area (Å²) in [6.07, 6.45) is -3.00. The van der Waals surface area contributed by atoms with Crippen LogP contribution in [-0.2, 0) is 33.6 Å². The van der Waals surface area contributed by atoms with Crippen LogP contribution in [0.5, 0.6) is 0 Å². The number of nitrogens with two attached hydrogens (primary N) is 1. The highest BCUT2D eigenvalue weighted by atomic mass is 16.4. The van der Waals surface area contributed by atoms with Gasteiger partial charge in [0.25, 0.3) is 0 Å². The molecule has 0 aromatic carbocycles. The molecule has 0 saturated carbocycles. The van der Waals surface area contributed by atoms with Gasteiger partial charge in [-0.1, -0.05) is 0 Å². The topological polar surface area (TPSA) is 263 Å². The van der Waals surface area contributed by atoms with Crippen LogP contribution in [0, 0.1) is 0 Å². The van der Waals surface area contributed by atoms with Crippen molar-refractivity contribution in [3.05, 3.63) is 0 Å². The van der Waals surface area contributed by atoms with Crippen molar-refractivity contribution >= 4 is 41.6 Å². The number of carboxylic acid groups (broad SMARTS) is 4. The minimum atomic E-state index is -1.92. The summed E-state index contributed by atoms with van der Waals surface area (Å²) in [5.74, 6) is -9.88. The Hall–Kier alpha value is -3.75. The van der Waals surface area contributed by atoms with Crippen molar-refractivity contribution in [2.75, 3.05) is 0 Å². The molecule has 4 unspecified atom stereocenters. The third-order valence-corrected chi connectivity index (χ3v) is 3.43. The summed E-state index contributed by atoms with van der Waals surface area (Å²) in [4.78, 5) is 79.8. The fourth-order valence-electron chi connectivity index (χ4n) is 1.99. The molecular weight excluding hydrogens is 412 g/mol. The average molecular weight is 434 g/mol. The smallest absolute Gasteiger partial charge is 0.326 e. The van der Waals surface area contributed by atoms with Crippen molar-refractivity contribution in [1.82, 2.24) is 16.0 Å². The Morgan fingerprint density at radius 1 is 0.633 bits per heavy atom. The molecule has 0 aliphatic rings. The highest BCUT2D eigenvalue weighted by molar-refractivity contribution is 5.97.